The zero-order valence-electron chi connectivity index (χ0n) is 18.8. The van der Waals surface area contributed by atoms with Crippen LogP contribution in [0.3, 0.4) is 0 Å². The van der Waals surface area contributed by atoms with Gasteiger partial charge in [0.05, 0.1) is 0 Å². The van der Waals surface area contributed by atoms with E-state index in [-0.39, 0.29) is 0 Å². The second-order valence-corrected chi connectivity index (χ2v) is 2.73. The zero-order valence-corrected chi connectivity index (χ0v) is 18.8. The Labute approximate surface area is 155 Å². The fourth-order valence-corrected chi connectivity index (χ4v) is 1.26. The van der Waals surface area contributed by atoms with E-state index in [0.717, 1.165) is 0 Å². The first-order valence-electron chi connectivity index (χ1n) is 10.1. The highest BCUT2D eigenvalue weighted by Gasteiger charge is 1.91. The molecule has 0 spiro atoms. The van der Waals surface area contributed by atoms with Crippen molar-refractivity contribution in [2.75, 3.05) is 0 Å². The molecule has 0 amide bonds. The van der Waals surface area contributed by atoms with Gasteiger partial charge in [0.1, 0.15) is 0 Å². The van der Waals surface area contributed by atoms with Gasteiger partial charge in [-0.2, -0.15) is 0 Å². The highest BCUT2D eigenvalue weighted by atomic mass is 14.0. The zero-order chi connectivity index (χ0) is 20.2. The molecule has 0 heteroatoms. The maximum Gasteiger partial charge on any atom is -0.0184 e. The maximum atomic E-state index is 2.12. The molecule has 0 aliphatic rings. The third-order valence-electron chi connectivity index (χ3n) is 1.88. The van der Waals surface area contributed by atoms with Gasteiger partial charge in [0.25, 0.3) is 0 Å². The lowest BCUT2D eigenvalue weighted by Gasteiger charge is -1.98. The lowest BCUT2D eigenvalue weighted by molar-refractivity contribution is 1.50. The number of rotatable bonds is 1. The first kappa shape index (κ1) is 33.9. The van der Waals surface area contributed by atoms with E-state index in [4.69, 9.17) is 0 Å². The van der Waals surface area contributed by atoms with Crippen LogP contribution in [0.1, 0.15) is 83.1 Å². The third-order valence-corrected chi connectivity index (χ3v) is 1.88. The van der Waals surface area contributed by atoms with Gasteiger partial charge >= 0.3 is 0 Å². The van der Waals surface area contributed by atoms with E-state index in [1.54, 1.807) is 0 Å². The fraction of sp³-hybridized carbons (Fsp3) is 0.500. The summed E-state index contributed by atoms with van der Waals surface area (Å²) in [6.07, 6.45) is 0. The van der Waals surface area contributed by atoms with E-state index >= 15 is 0 Å². The van der Waals surface area contributed by atoms with E-state index in [1.165, 1.54) is 11.1 Å². The van der Waals surface area contributed by atoms with Crippen molar-refractivity contribution in [1.82, 2.24) is 0 Å². The minimum Gasteiger partial charge on any atom is -0.0683 e. The summed E-state index contributed by atoms with van der Waals surface area (Å²) in [5.41, 5.74) is 2.55. The van der Waals surface area contributed by atoms with Gasteiger partial charge in [-0.1, -0.05) is 144 Å². The summed E-state index contributed by atoms with van der Waals surface area (Å²) in [5.74, 6) is 0. The molecule has 0 aromatic heterocycles. The Morgan fingerprint density at radius 3 is 0.625 bits per heavy atom. The van der Waals surface area contributed by atoms with Gasteiger partial charge in [-0.05, 0) is 11.1 Å². The van der Waals surface area contributed by atoms with Crippen molar-refractivity contribution in [3.05, 3.63) is 60.7 Å². The van der Waals surface area contributed by atoms with Crippen LogP contribution in [0.4, 0.5) is 0 Å². The van der Waals surface area contributed by atoms with Gasteiger partial charge < -0.3 is 0 Å². The second-order valence-electron chi connectivity index (χ2n) is 2.73. The van der Waals surface area contributed by atoms with Crippen LogP contribution in [0.2, 0.25) is 0 Å². The molecule has 0 N–H and O–H groups in total. The van der Waals surface area contributed by atoms with E-state index in [0.29, 0.717) is 0 Å². The molecule has 0 aliphatic carbocycles. The van der Waals surface area contributed by atoms with Gasteiger partial charge in [-0.25, -0.2) is 0 Å². The third kappa shape index (κ3) is 22.7. The smallest absolute Gasteiger partial charge is 0.0184 e. The largest absolute Gasteiger partial charge is 0.0683 e. The van der Waals surface area contributed by atoms with Crippen molar-refractivity contribution in [1.29, 1.82) is 0 Å². The van der Waals surface area contributed by atoms with Crippen molar-refractivity contribution in [2.24, 2.45) is 0 Å². The van der Waals surface area contributed by atoms with Crippen LogP contribution in [-0.2, 0) is 0 Å². The molecule has 2 aromatic carbocycles. The Bertz CT molecular complexity index is 297. The number of benzene rings is 2. The standard InChI is InChI=1S/C12H10.6C2H6/c1-3-7-11(8-4-1)12-9-5-2-6-10-12;6*1-2/h1-10H;6*1-2H3. The van der Waals surface area contributed by atoms with Crippen LogP contribution in [0, 0.1) is 0 Å². The molecule has 142 valence electrons. The summed E-state index contributed by atoms with van der Waals surface area (Å²) in [5, 5.41) is 0. The molecule has 0 saturated heterocycles. The quantitative estimate of drug-likeness (QED) is 0.487. The molecule has 0 saturated carbocycles. The molecule has 0 bridgehead atoms. The Morgan fingerprint density at radius 2 is 0.458 bits per heavy atom. The summed E-state index contributed by atoms with van der Waals surface area (Å²) in [6, 6.07) is 20.8. The molecule has 0 radical (unpaired) electrons. The summed E-state index contributed by atoms with van der Waals surface area (Å²) >= 11 is 0. The van der Waals surface area contributed by atoms with Crippen LogP contribution in [-0.4, -0.2) is 0 Å². The summed E-state index contributed by atoms with van der Waals surface area (Å²) in [6.45, 7) is 24.0. The predicted octanol–water partition coefficient (Wildman–Crippen LogP) is 9.51. The minimum absolute atomic E-state index is 1.28. The minimum atomic E-state index is 1.28. The molecule has 24 heavy (non-hydrogen) atoms. The first-order valence-corrected chi connectivity index (χ1v) is 10.1. The first-order chi connectivity index (χ1) is 12.0. The molecule has 0 heterocycles. The van der Waals surface area contributed by atoms with E-state index in [1.807, 2.05) is 95.2 Å². The lowest BCUT2D eigenvalue weighted by Crippen LogP contribution is -1.73. The molecule has 2 aromatic rings. The molecule has 0 fully saturated rings. The normalized spacial score (nSPS) is 6.33. The fourth-order valence-electron chi connectivity index (χ4n) is 1.26. The van der Waals surface area contributed by atoms with E-state index in [2.05, 4.69) is 48.5 Å². The van der Waals surface area contributed by atoms with Crippen LogP contribution in [0.25, 0.3) is 11.1 Å². The Hall–Kier alpha value is -1.56. The molecule has 0 aliphatic heterocycles. The summed E-state index contributed by atoms with van der Waals surface area (Å²) in [4.78, 5) is 0. The van der Waals surface area contributed by atoms with Crippen molar-refractivity contribution in [2.45, 2.75) is 83.1 Å². The average Bonchev–Trinajstić information content (AvgIpc) is 2.78. The summed E-state index contributed by atoms with van der Waals surface area (Å²) in [7, 11) is 0. The van der Waals surface area contributed by atoms with Crippen molar-refractivity contribution < 1.29 is 0 Å². The topological polar surface area (TPSA) is 0 Å². The van der Waals surface area contributed by atoms with Crippen molar-refractivity contribution in [3.63, 3.8) is 0 Å². The van der Waals surface area contributed by atoms with Crippen LogP contribution in [0.15, 0.2) is 60.7 Å². The lowest BCUT2D eigenvalue weighted by atomic mass is 10.1. The van der Waals surface area contributed by atoms with Crippen LogP contribution < -0.4 is 0 Å². The number of hydrogen-bond donors (Lipinski definition) is 0. The average molecular weight is 335 g/mol. The molecule has 2 rings (SSSR count). The Morgan fingerprint density at radius 1 is 0.292 bits per heavy atom. The van der Waals surface area contributed by atoms with Crippen LogP contribution >= 0.6 is 0 Å². The van der Waals surface area contributed by atoms with Gasteiger partial charge in [0.2, 0.25) is 0 Å². The number of hydrogen-bond acceptors (Lipinski definition) is 0. The van der Waals surface area contributed by atoms with Crippen molar-refractivity contribution in [3.8, 4) is 11.1 Å². The van der Waals surface area contributed by atoms with Gasteiger partial charge in [-0.3, -0.25) is 0 Å². The van der Waals surface area contributed by atoms with Gasteiger partial charge in [0.15, 0.2) is 0 Å². The van der Waals surface area contributed by atoms with E-state index < -0.39 is 0 Å². The molecule has 0 unspecified atom stereocenters. The van der Waals surface area contributed by atoms with Gasteiger partial charge in [-0.15, -0.1) is 0 Å². The highest BCUT2D eigenvalue weighted by molar-refractivity contribution is 5.62. The molecular formula is C24H46. The Balaban J connectivity index is -0.0000000859. The maximum absolute atomic E-state index is 2.12. The molecule has 0 nitrogen and oxygen atoms in total. The monoisotopic (exact) mass is 334 g/mol. The Kier molecular flexibility index (Phi) is 60.7. The van der Waals surface area contributed by atoms with Gasteiger partial charge in [0, 0.05) is 0 Å². The predicted molar refractivity (Wildman–Crippen MR) is 120 cm³/mol. The van der Waals surface area contributed by atoms with Crippen molar-refractivity contribution >= 4 is 0 Å². The second kappa shape index (κ2) is 43.0. The van der Waals surface area contributed by atoms with E-state index in [9.17, 15) is 0 Å². The molecule has 0 atom stereocenters. The van der Waals surface area contributed by atoms with Crippen LogP contribution in [0.5, 0.6) is 0 Å². The summed E-state index contributed by atoms with van der Waals surface area (Å²) < 4.78 is 0. The SMILES string of the molecule is CC.CC.CC.CC.CC.CC.c1ccc(-c2ccccc2)cc1. The highest BCUT2D eigenvalue weighted by Crippen LogP contribution is 2.17. The molecular weight excluding hydrogens is 288 g/mol.